The van der Waals surface area contributed by atoms with Crippen LogP contribution in [0.3, 0.4) is 0 Å². The molecule has 0 radical (unpaired) electrons. The third-order valence-corrected chi connectivity index (χ3v) is 4.90. The van der Waals surface area contributed by atoms with E-state index in [4.69, 9.17) is 16.0 Å². The van der Waals surface area contributed by atoms with E-state index in [1.54, 1.807) is 0 Å². The second-order valence-corrected chi connectivity index (χ2v) is 6.68. The predicted molar refractivity (Wildman–Crippen MR) is 99.0 cm³/mol. The van der Waals surface area contributed by atoms with E-state index in [2.05, 4.69) is 10.1 Å². The summed E-state index contributed by atoms with van der Waals surface area (Å²) in [5.74, 6) is -2.01. The number of carbonyl (C=O) groups is 3. The molecule has 28 heavy (non-hydrogen) atoms. The zero-order chi connectivity index (χ0) is 20.4. The van der Waals surface area contributed by atoms with Crippen LogP contribution in [0.5, 0.6) is 0 Å². The molecule has 0 aliphatic heterocycles. The van der Waals surface area contributed by atoms with E-state index in [1.165, 1.54) is 42.2 Å². The van der Waals surface area contributed by atoms with Gasteiger partial charge in [0.1, 0.15) is 28.2 Å². The van der Waals surface area contributed by atoms with Crippen molar-refractivity contribution in [1.82, 2.24) is 10.1 Å². The number of amides is 1. The molecule has 9 nitrogen and oxygen atoms in total. The summed E-state index contributed by atoms with van der Waals surface area (Å²) in [7, 11) is 0. The van der Waals surface area contributed by atoms with Crippen LogP contribution in [0.4, 0.5) is 21.0 Å². The van der Waals surface area contributed by atoms with E-state index < -0.39 is 23.5 Å². The number of halogens is 1. The quantitative estimate of drug-likeness (QED) is 0.449. The highest BCUT2D eigenvalue weighted by Gasteiger charge is 2.28. The van der Waals surface area contributed by atoms with Gasteiger partial charge in [-0.05, 0) is 31.2 Å². The molecule has 3 rings (SSSR count). The molecule has 0 spiro atoms. The summed E-state index contributed by atoms with van der Waals surface area (Å²) in [6.45, 7) is 1.54. The van der Waals surface area contributed by atoms with Crippen molar-refractivity contribution in [3.63, 3.8) is 0 Å². The van der Waals surface area contributed by atoms with Crippen molar-refractivity contribution < 1.29 is 23.3 Å². The molecule has 2 heterocycles. The van der Waals surface area contributed by atoms with Crippen molar-refractivity contribution in [2.24, 2.45) is 5.73 Å². The molecule has 0 unspecified atom stereocenters. The summed E-state index contributed by atoms with van der Waals surface area (Å²) < 4.78 is 18.1. The number of hydrogen-bond donors (Lipinski definition) is 2. The van der Waals surface area contributed by atoms with Crippen LogP contribution in [0.1, 0.15) is 32.8 Å². The van der Waals surface area contributed by atoms with Crippen LogP contribution in [0.15, 0.2) is 34.9 Å². The minimum Gasteiger partial charge on any atom is -0.382 e. The van der Waals surface area contributed by atoms with E-state index >= 15 is 0 Å². The Balaban J connectivity index is 2.03. The fraction of sp³-hybridized carbons (Fsp3) is 0.118. The lowest BCUT2D eigenvalue weighted by Gasteiger charge is -2.26. The molecule has 1 atom stereocenters. The molecule has 2 aromatic heterocycles. The van der Waals surface area contributed by atoms with Crippen LogP contribution in [0.25, 0.3) is 0 Å². The van der Waals surface area contributed by atoms with E-state index in [0.29, 0.717) is 12.0 Å². The molecular weight excluding hydrogens is 389 g/mol. The van der Waals surface area contributed by atoms with Gasteiger partial charge in [0.15, 0.2) is 11.4 Å². The summed E-state index contributed by atoms with van der Waals surface area (Å²) in [5.41, 5.74) is 11.7. The van der Waals surface area contributed by atoms with Gasteiger partial charge in [-0.2, -0.15) is 0 Å². The molecule has 4 N–H and O–H groups in total. The zero-order valence-corrected chi connectivity index (χ0v) is 15.3. The third-order valence-electron chi connectivity index (χ3n) is 3.83. The molecule has 0 aliphatic rings. The molecule has 11 heteroatoms. The molecule has 0 saturated heterocycles. The minimum atomic E-state index is -0.856. The topological polar surface area (TPSA) is 145 Å². The van der Waals surface area contributed by atoms with Crippen molar-refractivity contribution in [2.75, 3.05) is 10.6 Å². The number of ketones is 1. The van der Waals surface area contributed by atoms with Crippen molar-refractivity contribution in [3.8, 4) is 0 Å². The number of nitrogens with two attached hydrogens (primary N) is 2. The Kier molecular flexibility index (Phi) is 5.18. The highest BCUT2D eigenvalue weighted by molar-refractivity contribution is 7.18. The maximum atomic E-state index is 13.3. The highest BCUT2D eigenvalue weighted by Crippen LogP contribution is 2.35. The molecular formula is C17H14FN5O4S. The van der Waals surface area contributed by atoms with Gasteiger partial charge < -0.3 is 20.9 Å². The Morgan fingerprint density at radius 3 is 2.57 bits per heavy atom. The van der Waals surface area contributed by atoms with Gasteiger partial charge in [-0.3, -0.25) is 14.4 Å². The Morgan fingerprint density at radius 1 is 1.32 bits per heavy atom. The average molecular weight is 403 g/mol. The number of aldehydes is 1. The number of carbonyl (C=O) groups excluding carboxylic acids is 3. The molecule has 1 amide bonds. The number of thiazole rings is 1. The summed E-state index contributed by atoms with van der Waals surface area (Å²) in [5, 5.41) is 3.64. The predicted octanol–water partition coefficient (Wildman–Crippen LogP) is 1.91. The number of primary amides is 1. The first-order chi connectivity index (χ1) is 13.3. The normalized spacial score (nSPS) is 11.8. The van der Waals surface area contributed by atoms with Crippen molar-refractivity contribution in [1.29, 1.82) is 0 Å². The van der Waals surface area contributed by atoms with Gasteiger partial charge in [0, 0.05) is 11.8 Å². The van der Waals surface area contributed by atoms with Crippen LogP contribution in [0.2, 0.25) is 0 Å². The Labute approximate surface area is 161 Å². The lowest BCUT2D eigenvalue weighted by molar-refractivity contribution is -0.118. The van der Waals surface area contributed by atoms with Gasteiger partial charge in [-0.15, -0.1) is 0 Å². The van der Waals surface area contributed by atoms with E-state index in [-0.39, 0.29) is 27.3 Å². The van der Waals surface area contributed by atoms with Crippen molar-refractivity contribution >= 4 is 46.0 Å². The van der Waals surface area contributed by atoms with Gasteiger partial charge in [0.05, 0.1) is 0 Å². The Bertz CT molecular complexity index is 1050. The minimum absolute atomic E-state index is 0.0346. The second-order valence-electron chi connectivity index (χ2n) is 5.70. The summed E-state index contributed by atoms with van der Waals surface area (Å²) in [6.07, 6.45) is 0.437. The summed E-state index contributed by atoms with van der Waals surface area (Å²) in [6, 6.07) is 5.65. The molecule has 0 saturated carbocycles. The lowest BCUT2D eigenvalue weighted by Crippen LogP contribution is -2.39. The fourth-order valence-electron chi connectivity index (χ4n) is 2.38. The largest absolute Gasteiger partial charge is 0.382 e. The van der Waals surface area contributed by atoms with Crippen LogP contribution in [0, 0.1) is 5.82 Å². The average Bonchev–Trinajstić information content (AvgIpc) is 3.29. The molecule has 0 fully saturated rings. The number of nitrogen functional groups attached to an aromatic ring is 1. The number of rotatable bonds is 7. The van der Waals surface area contributed by atoms with Crippen LogP contribution in [-0.4, -0.2) is 34.2 Å². The molecule has 3 aromatic rings. The molecule has 0 aliphatic carbocycles. The maximum Gasteiger partial charge on any atom is 0.244 e. The highest BCUT2D eigenvalue weighted by atomic mass is 32.1. The van der Waals surface area contributed by atoms with Crippen LogP contribution >= 0.6 is 11.3 Å². The smallest absolute Gasteiger partial charge is 0.244 e. The number of aromatic nitrogens is 2. The van der Waals surface area contributed by atoms with Gasteiger partial charge in [-0.1, -0.05) is 16.5 Å². The van der Waals surface area contributed by atoms with Crippen molar-refractivity contribution in [2.45, 2.75) is 13.0 Å². The van der Waals surface area contributed by atoms with Gasteiger partial charge in [0.2, 0.25) is 17.5 Å². The second kappa shape index (κ2) is 7.56. The first kappa shape index (κ1) is 19.2. The number of anilines is 3. The summed E-state index contributed by atoms with van der Waals surface area (Å²) in [4.78, 5) is 40.7. The van der Waals surface area contributed by atoms with E-state index in [0.717, 1.165) is 11.3 Å². The standard InChI is InChI=1S/C17H14FN5O4S/c1-8(16(20)26)23(11-4-2-9(18)3-5-11)17-21-15(19)14(28-17)13(25)12-6-10(7-24)22-27-12/h2-8H,19H2,1H3,(H2,20,26)/t8-/m1/s1. The van der Waals surface area contributed by atoms with Gasteiger partial charge in [-0.25, -0.2) is 9.37 Å². The number of hydrogen-bond acceptors (Lipinski definition) is 9. The van der Waals surface area contributed by atoms with Crippen LogP contribution < -0.4 is 16.4 Å². The van der Waals surface area contributed by atoms with E-state index in [9.17, 15) is 18.8 Å². The van der Waals surface area contributed by atoms with Crippen LogP contribution in [-0.2, 0) is 4.79 Å². The van der Waals surface area contributed by atoms with E-state index in [1.807, 2.05) is 0 Å². The Morgan fingerprint density at radius 2 is 2.00 bits per heavy atom. The number of nitrogens with zero attached hydrogens (tertiary/aromatic N) is 3. The monoisotopic (exact) mass is 403 g/mol. The maximum absolute atomic E-state index is 13.3. The van der Waals surface area contributed by atoms with Gasteiger partial charge >= 0.3 is 0 Å². The fourth-order valence-corrected chi connectivity index (χ4v) is 3.41. The molecule has 0 bridgehead atoms. The molecule has 144 valence electrons. The zero-order valence-electron chi connectivity index (χ0n) is 14.5. The van der Waals surface area contributed by atoms with Gasteiger partial charge in [0.25, 0.3) is 0 Å². The lowest BCUT2D eigenvalue weighted by atomic mass is 10.2. The molecule has 1 aromatic carbocycles. The number of benzene rings is 1. The first-order valence-electron chi connectivity index (χ1n) is 7.88. The summed E-state index contributed by atoms with van der Waals surface area (Å²) >= 11 is 0.895. The third kappa shape index (κ3) is 3.60. The Hall–Kier alpha value is -3.60. The SMILES string of the molecule is C[C@H](C(N)=O)N(c1ccc(F)cc1)c1nc(N)c(C(=O)c2cc(C=O)no2)s1. The first-order valence-corrected chi connectivity index (χ1v) is 8.70. The van der Waals surface area contributed by atoms with Crippen molar-refractivity contribution in [3.05, 3.63) is 52.5 Å².